The third-order valence-electron chi connectivity index (χ3n) is 2.24. The molecule has 0 saturated carbocycles. The van der Waals surface area contributed by atoms with E-state index in [2.05, 4.69) is 29.9 Å². The second-order valence-electron chi connectivity index (χ2n) is 3.63. The smallest absolute Gasteiger partial charge is 0.143 e. The molecule has 1 heterocycles. The summed E-state index contributed by atoms with van der Waals surface area (Å²) in [6.45, 7) is 12.6. The molecule has 98 valence electrons. The SMILES string of the molecule is C=C/C=C\c1nn(C(=C/C=C)/C(O)=C\C=C)nc1C. The van der Waals surface area contributed by atoms with E-state index >= 15 is 0 Å². The van der Waals surface area contributed by atoms with Gasteiger partial charge in [0, 0.05) is 0 Å². The van der Waals surface area contributed by atoms with Crippen LogP contribution < -0.4 is 0 Å². The van der Waals surface area contributed by atoms with Gasteiger partial charge in [-0.3, -0.25) is 0 Å². The Morgan fingerprint density at radius 3 is 2.37 bits per heavy atom. The fourth-order valence-electron chi connectivity index (χ4n) is 1.37. The van der Waals surface area contributed by atoms with Crippen molar-refractivity contribution in [1.29, 1.82) is 0 Å². The Morgan fingerprint density at radius 2 is 1.79 bits per heavy atom. The maximum absolute atomic E-state index is 9.91. The lowest BCUT2D eigenvalue weighted by molar-refractivity contribution is 0.428. The van der Waals surface area contributed by atoms with Gasteiger partial charge in [-0.05, 0) is 25.2 Å². The molecule has 0 unspecified atom stereocenters. The second-order valence-corrected chi connectivity index (χ2v) is 3.63. The number of aromatic nitrogens is 3. The lowest BCUT2D eigenvalue weighted by Gasteiger charge is -2.03. The molecule has 0 radical (unpaired) electrons. The summed E-state index contributed by atoms with van der Waals surface area (Å²) in [7, 11) is 0. The molecule has 1 aromatic heterocycles. The van der Waals surface area contributed by atoms with E-state index in [1.807, 2.05) is 6.92 Å². The number of rotatable bonds is 6. The normalized spacial score (nSPS) is 12.7. The molecule has 0 aromatic carbocycles. The minimum absolute atomic E-state index is 0.0177. The van der Waals surface area contributed by atoms with Gasteiger partial charge in [-0.15, -0.1) is 9.90 Å². The minimum atomic E-state index is 0.0177. The number of aliphatic hydroxyl groups excluding tert-OH is 1. The minimum Gasteiger partial charge on any atom is -0.506 e. The molecule has 1 rings (SSSR count). The largest absolute Gasteiger partial charge is 0.506 e. The summed E-state index contributed by atoms with van der Waals surface area (Å²) in [6.07, 6.45) is 11.4. The van der Waals surface area contributed by atoms with Crippen molar-refractivity contribution in [2.75, 3.05) is 0 Å². The maximum Gasteiger partial charge on any atom is 0.143 e. The molecule has 0 aliphatic carbocycles. The van der Waals surface area contributed by atoms with Gasteiger partial charge in [0.05, 0.1) is 5.69 Å². The van der Waals surface area contributed by atoms with Crippen molar-refractivity contribution in [3.63, 3.8) is 0 Å². The van der Waals surface area contributed by atoms with Gasteiger partial charge in [-0.2, -0.15) is 5.10 Å². The summed E-state index contributed by atoms with van der Waals surface area (Å²) in [5, 5.41) is 18.5. The zero-order valence-electron chi connectivity index (χ0n) is 11.0. The molecule has 0 aliphatic heterocycles. The van der Waals surface area contributed by atoms with Crippen LogP contribution in [0, 0.1) is 6.92 Å². The second kappa shape index (κ2) is 6.96. The van der Waals surface area contributed by atoms with Crippen LogP contribution in [0.2, 0.25) is 0 Å². The first kappa shape index (κ1) is 14.4. The molecule has 19 heavy (non-hydrogen) atoms. The molecule has 0 fully saturated rings. The topological polar surface area (TPSA) is 50.9 Å². The first-order chi connectivity index (χ1) is 9.13. The summed E-state index contributed by atoms with van der Waals surface area (Å²) in [4.78, 5) is 1.36. The molecule has 1 aromatic rings. The van der Waals surface area contributed by atoms with E-state index in [4.69, 9.17) is 0 Å². The van der Waals surface area contributed by atoms with Gasteiger partial charge in [0.25, 0.3) is 0 Å². The highest BCUT2D eigenvalue weighted by molar-refractivity contribution is 5.62. The third kappa shape index (κ3) is 3.67. The van der Waals surface area contributed by atoms with Crippen LogP contribution in [0.4, 0.5) is 0 Å². The lowest BCUT2D eigenvalue weighted by atomic mass is 10.3. The monoisotopic (exact) mass is 255 g/mol. The van der Waals surface area contributed by atoms with Crippen molar-refractivity contribution in [3.05, 3.63) is 73.3 Å². The lowest BCUT2D eigenvalue weighted by Crippen LogP contribution is -2.04. The predicted octanol–water partition coefficient (Wildman–Crippen LogP) is 3.44. The van der Waals surface area contributed by atoms with E-state index in [0.717, 1.165) is 5.69 Å². The predicted molar refractivity (Wildman–Crippen MR) is 79.4 cm³/mol. The van der Waals surface area contributed by atoms with Gasteiger partial charge in [-0.1, -0.05) is 44.0 Å². The van der Waals surface area contributed by atoms with Gasteiger partial charge < -0.3 is 5.11 Å². The number of nitrogens with zero attached hydrogens (tertiary/aromatic N) is 3. The van der Waals surface area contributed by atoms with Crippen molar-refractivity contribution in [2.24, 2.45) is 0 Å². The Bertz CT molecular complexity index is 574. The van der Waals surface area contributed by atoms with Gasteiger partial charge >= 0.3 is 0 Å². The Kier molecular flexibility index (Phi) is 5.29. The van der Waals surface area contributed by atoms with E-state index in [1.54, 1.807) is 30.4 Å². The number of aliphatic hydroxyl groups is 1. The maximum atomic E-state index is 9.91. The summed E-state index contributed by atoms with van der Waals surface area (Å²) in [5.74, 6) is 0.0177. The van der Waals surface area contributed by atoms with Gasteiger partial charge in [0.15, 0.2) is 0 Å². The quantitative estimate of drug-likeness (QED) is 0.625. The van der Waals surface area contributed by atoms with Crippen LogP contribution in [0.3, 0.4) is 0 Å². The molecule has 0 amide bonds. The highest BCUT2D eigenvalue weighted by Crippen LogP contribution is 2.14. The molecule has 1 N–H and O–H groups in total. The van der Waals surface area contributed by atoms with Crippen LogP contribution in [0.15, 0.2) is 62.0 Å². The molecule has 0 aliphatic rings. The summed E-state index contributed by atoms with van der Waals surface area (Å²) in [5.41, 5.74) is 1.89. The van der Waals surface area contributed by atoms with Crippen molar-refractivity contribution >= 4 is 11.8 Å². The fraction of sp³-hybridized carbons (Fsp3) is 0.0667. The molecule has 4 heteroatoms. The Labute approximate surface area is 113 Å². The summed E-state index contributed by atoms with van der Waals surface area (Å²) in [6, 6.07) is 0. The number of hydrogen-bond acceptors (Lipinski definition) is 3. The standard InChI is InChI=1S/C15H17N3O/c1-5-8-11-13-12(4)16-18(17-13)14(9-6-2)15(19)10-7-3/h5-11,19H,1-3H2,4H3/b11-8-,14-9+,15-10+. The average Bonchev–Trinajstić information content (AvgIpc) is 2.74. The van der Waals surface area contributed by atoms with Crippen molar-refractivity contribution in [2.45, 2.75) is 6.92 Å². The number of allylic oxidation sites excluding steroid dienone is 7. The number of hydrogen-bond donors (Lipinski definition) is 1. The fourth-order valence-corrected chi connectivity index (χ4v) is 1.37. The Hall–Kier alpha value is -2.62. The summed E-state index contributed by atoms with van der Waals surface area (Å²) >= 11 is 0. The summed E-state index contributed by atoms with van der Waals surface area (Å²) < 4.78 is 0. The van der Waals surface area contributed by atoms with Crippen molar-refractivity contribution < 1.29 is 5.11 Å². The van der Waals surface area contributed by atoms with Crippen LogP contribution in [0.5, 0.6) is 0 Å². The Balaban J connectivity index is 3.26. The molecular formula is C15H17N3O. The zero-order chi connectivity index (χ0) is 14.3. The van der Waals surface area contributed by atoms with E-state index in [-0.39, 0.29) is 5.76 Å². The average molecular weight is 255 g/mol. The highest BCUT2D eigenvalue weighted by atomic mass is 16.3. The van der Waals surface area contributed by atoms with Crippen LogP contribution in [0.1, 0.15) is 11.4 Å². The third-order valence-corrected chi connectivity index (χ3v) is 2.24. The van der Waals surface area contributed by atoms with Gasteiger partial charge in [0.2, 0.25) is 0 Å². The first-order valence-electron chi connectivity index (χ1n) is 5.72. The van der Waals surface area contributed by atoms with Crippen LogP contribution in [0.25, 0.3) is 11.8 Å². The molecule has 4 nitrogen and oxygen atoms in total. The molecular weight excluding hydrogens is 238 g/mol. The molecule has 0 bridgehead atoms. The van der Waals surface area contributed by atoms with E-state index in [9.17, 15) is 5.11 Å². The van der Waals surface area contributed by atoms with Crippen molar-refractivity contribution in [3.8, 4) is 0 Å². The van der Waals surface area contributed by atoms with E-state index in [1.165, 1.54) is 16.9 Å². The molecule has 0 saturated heterocycles. The molecule has 0 atom stereocenters. The van der Waals surface area contributed by atoms with Gasteiger partial charge in [-0.25, -0.2) is 0 Å². The highest BCUT2D eigenvalue weighted by Gasteiger charge is 2.10. The first-order valence-corrected chi connectivity index (χ1v) is 5.72. The van der Waals surface area contributed by atoms with Crippen LogP contribution >= 0.6 is 0 Å². The van der Waals surface area contributed by atoms with Gasteiger partial charge in [0.1, 0.15) is 17.2 Å². The van der Waals surface area contributed by atoms with Crippen molar-refractivity contribution in [1.82, 2.24) is 15.0 Å². The van der Waals surface area contributed by atoms with E-state index in [0.29, 0.717) is 11.4 Å². The van der Waals surface area contributed by atoms with E-state index < -0.39 is 0 Å². The molecule has 0 spiro atoms. The van der Waals surface area contributed by atoms with Crippen LogP contribution in [-0.4, -0.2) is 20.1 Å². The van der Waals surface area contributed by atoms with Crippen LogP contribution in [-0.2, 0) is 0 Å². The Morgan fingerprint density at radius 1 is 1.11 bits per heavy atom. The zero-order valence-corrected chi connectivity index (χ0v) is 11.0. The number of aryl methyl sites for hydroxylation is 1.